The fourth-order valence-electron chi connectivity index (χ4n) is 2.56. The zero-order chi connectivity index (χ0) is 12.8. The summed E-state index contributed by atoms with van der Waals surface area (Å²) >= 11 is 0. The molecule has 0 bridgehead atoms. The van der Waals surface area contributed by atoms with Crippen molar-refractivity contribution >= 4 is 11.7 Å². The zero-order valence-electron chi connectivity index (χ0n) is 10.7. The third kappa shape index (κ3) is 3.75. The van der Waals surface area contributed by atoms with Crippen molar-refractivity contribution in [2.75, 3.05) is 5.73 Å². The molecule has 1 aliphatic carbocycles. The molecule has 0 aliphatic heterocycles. The van der Waals surface area contributed by atoms with Crippen molar-refractivity contribution in [1.29, 1.82) is 0 Å². The van der Waals surface area contributed by atoms with Gasteiger partial charge in [-0.1, -0.05) is 25.7 Å². The number of carbonyl (C=O) groups is 1. The lowest BCUT2D eigenvalue weighted by molar-refractivity contribution is -0.122. The highest BCUT2D eigenvalue weighted by molar-refractivity contribution is 5.76. The van der Waals surface area contributed by atoms with E-state index in [4.69, 9.17) is 5.73 Å². The van der Waals surface area contributed by atoms with E-state index in [-0.39, 0.29) is 5.91 Å². The van der Waals surface area contributed by atoms with Gasteiger partial charge < -0.3 is 11.1 Å². The number of nitrogens with two attached hydrogens (primary N) is 1. The lowest BCUT2D eigenvalue weighted by atomic mass is 9.96. The Morgan fingerprint density at radius 1 is 1.39 bits per heavy atom. The highest BCUT2D eigenvalue weighted by Gasteiger charge is 2.16. The third-order valence-corrected chi connectivity index (χ3v) is 3.68. The second kappa shape index (κ2) is 6.42. The molecule has 1 aromatic rings. The lowest BCUT2D eigenvalue weighted by Crippen LogP contribution is -2.25. The van der Waals surface area contributed by atoms with Crippen molar-refractivity contribution in [2.45, 2.75) is 51.5 Å². The Morgan fingerprint density at radius 2 is 2.11 bits per heavy atom. The lowest BCUT2D eigenvalue weighted by Gasteiger charge is -2.13. The normalized spacial score (nSPS) is 17.3. The fourth-order valence-corrected chi connectivity index (χ4v) is 2.56. The first-order chi connectivity index (χ1) is 8.75. The average Bonchev–Trinajstić information content (AvgIpc) is 2.61. The van der Waals surface area contributed by atoms with Gasteiger partial charge in [0, 0.05) is 18.5 Å². The van der Waals surface area contributed by atoms with Crippen LogP contribution in [0.25, 0.3) is 0 Å². The SMILES string of the molecule is Nc1[nH]ncc1CNC(=O)CC1CCCCCC1. The van der Waals surface area contributed by atoms with Gasteiger partial charge in [0.2, 0.25) is 5.91 Å². The van der Waals surface area contributed by atoms with Gasteiger partial charge in [-0.05, 0) is 18.8 Å². The summed E-state index contributed by atoms with van der Waals surface area (Å²) in [6.45, 7) is 0.466. The van der Waals surface area contributed by atoms with Gasteiger partial charge >= 0.3 is 0 Å². The van der Waals surface area contributed by atoms with Gasteiger partial charge in [0.15, 0.2) is 0 Å². The molecule has 0 unspecified atom stereocenters. The Morgan fingerprint density at radius 3 is 2.72 bits per heavy atom. The minimum Gasteiger partial charge on any atom is -0.384 e. The second-order valence-corrected chi connectivity index (χ2v) is 5.15. The van der Waals surface area contributed by atoms with E-state index < -0.39 is 0 Å². The van der Waals surface area contributed by atoms with Gasteiger partial charge in [0.1, 0.15) is 5.82 Å². The minimum absolute atomic E-state index is 0.127. The Kier molecular flexibility index (Phi) is 4.61. The van der Waals surface area contributed by atoms with Crippen LogP contribution in [-0.4, -0.2) is 16.1 Å². The number of nitrogens with zero attached hydrogens (tertiary/aromatic N) is 1. The van der Waals surface area contributed by atoms with Crippen LogP contribution in [0.1, 0.15) is 50.5 Å². The van der Waals surface area contributed by atoms with E-state index in [0.29, 0.717) is 24.7 Å². The molecule has 0 radical (unpaired) electrons. The number of rotatable bonds is 4. The molecule has 0 saturated heterocycles. The van der Waals surface area contributed by atoms with Crippen LogP contribution in [0.4, 0.5) is 5.82 Å². The summed E-state index contributed by atoms with van der Waals surface area (Å²) in [6, 6.07) is 0. The van der Waals surface area contributed by atoms with E-state index in [0.717, 1.165) is 5.56 Å². The maximum atomic E-state index is 11.8. The van der Waals surface area contributed by atoms with E-state index in [2.05, 4.69) is 15.5 Å². The Bertz CT molecular complexity index is 380. The van der Waals surface area contributed by atoms with Crippen LogP contribution in [0, 0.1) is 5.92 Å². The number of aromatic amines is 1. The van der Waals surface area contributed by atoms with E-state index in [1.807, 2.05) is 0 Å². The van der Waals surface area contributed by atoms with Crippen molar-refractivity contribution in [2.24, 2.45) is 5.92 Å². The molecule has 5 heteroatoms. The number of amides is 1. The predicted octanol–water partition coefficient (Wildman–Crippen LogP) is 1.97. The molecule has 0 aromatic carbocycles. The molecule has 5 nitrogen and oxygen atoms in total. The van der Waals surface area contributed by atoms with Gasteiger partial charge in [-0.15, -0.1) is 0 Å². The number of H-pyrrole nitrogens is 1. The number of aromatic nitrogens is 2. The van der Waals surface area contributed by atoms with E-state index in [1.165, 1.54) is 38.5 Å². The zero-order valence-corrected chi connectivity index (χ0v) is 10.7. The third-order valence-electron chi connectivity index (χ3n) is 3.68. The number of anilines is 1. The summed E-state index contributed by atoms with van der Waals surface area (Å²) in [6.07, 6.45) is 9.88. The summed E-state index contributed by atoms with van der Waals surface area (Å²) in [5, 5.41) is 9.40. The predicted molar refractivity (Wildman–Crippen MR) is 70.7 cm³/mol. The quantitative estimate of drug-likeness (QED) is 0.714. The molecule has 2 rings (SSSR count). The van der Waals surface area contributed by atoms with Crippen LogP contribution in [0.15, 0.2) is 6.20 Å². The highest BCUT2D eigenvalue weighted by atomic mass is 16.1. The standard InChI is InChI=1S/C13H22N4O/c14-13-11(9-16-17-13)8-15-12(18)7-10-5-3-1-2-4-6-10/h9-10H,1-8H2,(H,15,18)(H3,14,16,17). The molecule has 0 atom stereocenters. The first kappa shape index (κ1) is 12.9. The van der Waals surface area contributed by atoms with Crippen LogP contribution in [0.5, 0.6) is 0 Å². The minimum atomic E-state index is 0.127. The van der Waals surface area contributed by atoms with Gasteiger partial charge in [0.25, 0.3) is 0 Å². The largest absolute Gasteiger partial charge is 0.384 e. The van der Waals surface area contributed by atoms with Gasteiger partial charge in [-0.3, -0.25) is 9.89 Å². The Balaban J connectivity index is 1.73. The summed E-state index contributed by atoms with van der Waals surface area (Å²) in [5.41, 5.74) is 6.51. The van der Waals surface area contributed by atoms with Crippen LogP contribution in [0.2, 0.25) is 0 Å². The van der Waals surface area contributed by atoms with Crippen molar-refractivity contribution in [3.05, 3.63) is 11.8 Å². The van der Waals surface area contributed by atoms with E-state index in [1.54, 1.807) is 6.20 Å². The maximum Gasteiger partial charge on any atom is 0.220 e. The fraction of sp³-hybridized carbons (Fsp3) is 0.692. The molecule has 0 spiro atoms. The van der Waals surface area contributed by atoms with Gasteiger partial charge in [-0.2, -0.15) is 5.10 Å². The van der Waals surface area contributed by atoms with Crippen molar-refractivity contribution in [3.63, 3.8) is 0 Å². The molecule has 1 aliphatic rings. The molecular weight excluding hydrogens is 228 g/mol. The highest BCUT2D eigenvalue weighted by Crippen LogP contribution is 2.25. The number of nitrogens with one attached hydrogen (secondary N) is 2. The summed E-state index contributed by atoms with van der Waals surface area (Å²) in [7, 11) is 0. The monoisotopic (exact) mass is 250 g/mol. The van der Waals surface area contributed by atoms with Gasteiger partial charge in [-0.25, -0.2) is 0 Å². The molecule has 100 valence electrons. The molecule has 1 heterocycles. The van der Waals surface area contributed by atoms with Gasteiger partial charge in [0.05, 0.1) is 6.20 Å². The number of hydrogen-bond donors (Lipinski definition) is 3. The summed E-state index contributed by atoms with van der Waals surface area (Å²) in [5.74, 6) is 1.22. The Hall–Kier alpha value is -1.52. The molecule has 4 N–H and O–H groups in total. The van der Waals surface area contributed by atoms with Crippen molar-refractivity contribution in [3.8, 4) is 0 Å². The Labute approximate surface area is 108 Å². The average molecular weight is 250 g/mol. The summed E-state index contributed by atoms with van der Waals surface area (Å²) in [4.78, 5) is 11.8. The molecule has 1 amide bonds. The topological polar surface area (TPSA) is 83.8 Å². The van der Waals surface area contributed by atoms with Crippen LogP contribution >= 0.6 is 0 Å². The maximum absolute atomic E-state index is 11.8. The first-order valence-corrected chi connectivity index (χ1v) is 6.80. The second-order valence-electron chi connectivity index (χ2n) is 5.15. The number of nitrogen functional groups attached to an aromatic ring is 1. The first-order valence-electron chi connectivity index (χ1n) is 6.80. The molecule has 1 fully saturated rings. The molecule has 1 saturated carbocycles. The number of carbonyl (C=O) groups excluding carboxylic acids is 1. The van der Waals surface area contributed by atoms with E-state index >= 15 is 0 Å². The van der Waals surface area contributed by atoms with Crippen LogP contribution in [-0.2, 0) is 11.3 Å². The van der Waals surface area contributed by atoms with Crippen molar-refractivity contribution < 1.29 is 4.79 Å². The van der Waals surface area contributed by atoms with Crippen LogP contribution < -0.4 is 11.1 Å². The molecule has 1 aromatic heterocycles. The summed E-state index contributed by atoms with van der Waals surface area (Å²) < 4.78 is 0. The molecular formula is C13H22N4O. The van der Waals surface area contributed by atoms with Crippen molar-refractivity contribution in [1.82, 2.24) is 15.5 Å². The molecule has 18 heavy (non-hydrogen) atoms. The van der Waals surface area contributed by atoms with E-state index in [9.17, 15) is 4.79 Å². The van der Waals surface area contributed by atoms with Crippen LogP contribution in [0.3, 0.4) is 0 Å². The smallest absolute Gasteiger partial charge is 0.220 e. The number of hydrogen-bond acceptors (Lipinski definition) is 3.